The lowest BCUT2D eigenvalue weighted by Gasteiger charge is -2.12. The van der Waals surface area contributed by atoms with E-state index in [2.05, 4.69) is 64.5 Å². The largest absolute Gasteiger partial charge is 0.469 e. The molecule has 0 fully saturated rings. The number of rotatable bonds is 8. The fraction of sp³-hybridized carbons (Fsp3) is 0.261. The summed E-state index contributed by atoms with van der Waals surface area (Å²) < 4.78 is 5.41. The average molecular weight is 407 g/mol. The Kier molecular flexibility index (Phi) is 6.32. The Hall–Kier alpha value is -2.99. The van der Waals surface area contributed by atoms with Crippen LogP contribution in [0.2, 0.25) is 0 Å². The maximum Gasteiger partial charge on any atom is 0.191 e. The van der Waals surface area contributed by atoms with Crippen LogP contribution in [0.5, 0.6) is 0 Å². The number of para-hydroxylation sites is 1. The summed E-state index contributed by atoms with van der Waals surface area (Å²) in [6, 6.07) is 14.5. The minimum Gasteiger partial charge on any atom is -0.469 e. The standard InChI is InChI=1S/C23H26N4OS/c1-17-5-2-8-21-18(15-26-22(17)21)9-11-24-23(27-16-20-7-4-14-29-20)25-12-10-19-6-3-13-28-19/h2-8,13-15,26H,9-12,16H2,1H3,(H2,24,25,27). The highest BCUT2D eigenvalue weighted by Crippen LogP contribution is 2.21. The summed E-state index contributed by atoms with van der Waals surface area (Å²) in [6.45, 7) is 4.41. The number of fused-ring (bicyclic) bond motifs is 1. The number of furan rings is 1. The number of aliphatic imine (C=N–C) groups is 1. The highest BCUT2D eigenvalue weighted by molar-refractivity contribution is 7.09. The second kappa shape index (κ2) is 9.47. The molecule has 29 heavy (non-hydrogen) atoms. The molecular weight excluding hydrogens is 380 g/mol. The summed E-state index contributed by atoms with van der Waals surface area (Å²) in [6.07, 6.45) is 5.59. The van der Waals surface area contributed by atoms with Crippen LogP contribution >= 0.6 is 11.3 Å². The van der Waals surface area contributed by atoms with E-state index < -0.39 is 0 Å². The van der Waals surface area contributed by atoms with E-state index in [1.807, 2.05) is 12.1 Å². The van der Waals surface area contributed by atoms with E-state index in [0.29, 0.717) is 6.54 Å². The van der Waals surface area contributed by atoms with E-state index >= 15 is 0 Å². The van der Waals surface area contributed by atoms with Gasteiger partial charge >= 0.3 is 0 Å². The molecule has 3 N–H and O–H groups in total. The second-order valence-corrected chi connectivity index (χ2v) is 8.02. The molecule has 4 rings (SSSR count). The lowest BCUT2D eigenvalue weighted by atomic mass is 10.1. The number of aryl methyl sites for hydroxylation is 1. The molecule has 0 aliphatic carbocycles. The van der Waals surface area contributed by atoms with Gasteiger partial charge in [0, 0.05) is 41.5 Å². The normalized spacial score (nSPS) is 11.8. The first-order valence-corrected chi connectivity index (χ1v) is 10.8. The van der Waals surface area contributed by atoms with Crippen molar-refractivity contribution in [3.05, 3.63) is 82.1 Å². The van der Waals surface area contributed by atoms with Gasteiger partial charge in [-0.3, -0.25) is 0 Å². The van der Waals surface area contributed by atoms with Crippen LogP contribution in [-0.4, -0.2) is 24.0 Å². The molecule has 4 aromatic rings. The number of hydrogen-bond acceptors (Lipinski definition) is 3. The molecule has 5 nitrogen and oxygen atoms in total. The van der Waals surface area contributed by atoms with Gasteiger partial charge in [-0.25, -0.2) is 4.99 Å². The smallest absolute Gasteiger partial charge is 0.191 e. The number of benzene rings is 1. The van der Waals surface area contributed by atoms with E-state index in [1.165, 1.54) is 26.9 Å². The summed E-state index contributed by atoms with van der Waals surface area (Å²) in [5.74, 6) is 1.81. The van der Waals surface area contributed by atoms with E-state index in [-0.39, 0.29) is 0 Å². The van der Waals surface area contributed by atoms with Crippen LogP contribution in [0.25, 0.3) is 10.9 Å². The Balaban J connectivity index is 1.36. The van der Waals surface area contributed by atoms with Gasteiger partial charge in [-0.2, -0.15) is 0 Å². The van der Waals surface area contributed by atoms with E-state index in [1.54, 1.807) is 17.6 Å². The molecule has 3 heterocycles. The SMILES string of the molecule is Cc1cccc2c(CCNC(=NCc3cccs3)NCCc3ccco3)c[nH]c12. The minimum atomic E-state index is 0.681. The zero-order valence-electron chi connectivity index (χ0n) is 16.6. The predicted octanol–water partition coefficient (Wildman–Crippen LogP) is 4.65. The molecule has 0 radical (unpaired) electrons. The molecule has 0 bridgehead atoms. The lowest BCUT2D eigenvalue weighted by Crippen LogP contribution is -2.39. The van der Waals surface area contributed by atoms with Gasteiger partial charge < -0.3 is 20.0 Å². The summed E-state index contributed by atoms with van der Waals surface area (Å²) in [4.78, 5) is 9.41. The minimum absolute atomic E-state index is 0.681. The molecule has 0 atom stereocenters. The Morgan fingerprint density at radius 1 is 1.07 bits per heavy atom. The Bertz CT molecular complexity index is 1050. The molecule has 1 aromatic carbocycles. The zero-order valence-corrected chi connectivity index (χ0v) is 17.4. The van der Waals surface area contributed by atoms with Crippen molar-refractivity contribution < 1.29 is 4.42 Å². The molecule has 150 valence electrons. The molecule has 6 heteroatoms. The number of hydrogen-bond donors (Lipinski definition) is 3. The molecule has 0 spiro atoms. The van der Waals surface area contributed by atoms with Gasteiger partial charge in [-0.05, 0) is 48.1 Å². The van der Waals surface area contributed by atoms with Crippen LogP contribution in [0.3, 0.4) is 0 Å². The van der Waals surface area contributed by atoms with Crippen LogP contribution in [0.15, 0.2) is 69.7 Å². The maximum absolute atomic E-state index is 5.41. The number of aromatic amines is 1. The summed E-state index contributed by atoms with van der Waals surface area (Å²) in [5, 5.41) is 10.3. The van der Waals surface area contributed by atoms with Crippen molar-refractivity contribution in [2.45, 2.75) is 26.3 Å². The Morgan fingerprint density at radius 3 is 2.76 bits per heavy atom. The third-order valence-electron chi connectivity index (χ3n) is 4.91. The summed E-state index contributed by atoms with van der Waals surface area (Å²) in [7, 11) is 0. The van der Waals surface area contributed by atoms with E-state index in [9.17, 15) is 0 Å². The highest BCUT2D eigenvalue weighted by atomic mass is 32.1. The van der Waals surface area contributed by atoms with Crippen LogP contribution in [0.4, 0.5) is 0 Å². The number of aromatic nitrogens is 1. The first-order chi connectivity index (χ1) is 14.3. The Morgan fingerprint density at radius 2 is 1.97 bits per heavy atom. The molecular formula is C23H26N4OS. The molecule has 3 aromatic heterocycles. The van der Waals surface area contributed by atoms with E-state index in [4.69, 9.17) is 9.41 Å². The monoisotopic (exact) mass is 406 g/mol. The van der Waals surface area contributed by atoms with Crippen molar-refractivity contribution in [2.24, 2.45) is 4.99 Å². The van der Waals surface area contributed by atoms with Crippen molar-refractivity contribution >= 4 is 28.2 Å². The molecule has 0 aliphatic rings. The maximum atomic E-state index is 5.41. The van der Waals surface area contributed by atoms with Crippen molar-refractivity contribution in [2.75, 3.05) is 13.1 Å². The number of guanidine groups is 1. The van der Waals surface area contributed by atoms with Crippen LogP contribution in [-0.2, 0) is 19.4 Å². The first-order valence-electron chi connectivity index (χ1n) is 9.92. The van der Waals surface area contributed by atoms with Gasteiger partial charge in [0.15, 0.2) is 5.96 Å². The van der Waals surface area contributed by atoms with E-state index in [0.717, 1.165) is 37.7 Å². The zero-order chi connectivity index (χ0) is 19.9. The van der Waals surface area contributed by atoms with Gasteiger partial charge in [0.2, 0.25) is 0 Å². The third-order valence-corrected chi connectivity index (χ3v) is 5.77. The first kappa shape index (κ1) is 19.3. The van der Waals surface area contributed by atoms with Gasteiger partial charge in [-0.1, -0.05) is 24.3 Å². The topological polar surface area (TPSA) is 65.3 Å². The predicted molar refractivity (Wildman–Crippen MR) is 121 cm³/mol. The molecule has 0 unspecified atom stereocenters. The lowest BCUT2D eigenvalue weighted by molar-refractivity contribution is 0.506. The fourth-order valence-electron chi connectivity index (χ4n) is 3.38. The fourth-order valence-corrected chi connectivity index (χ4v) is 4.01. The highest BCUT2D eigenvalue weighted by Gasteiger charge is 2.06. The number of H-pyrrole nitrogens is 1. The van der Waals surface area contributed by atoms with Gasteiger partial charge in [-0.15, -0.1) is 11.3 Å². The quantitative estimate of drug-likeness (QED) is 0.295. The van der Waals surface area contributed by atoms with Crippen molar-refractivity contribution in [1.29, 1.82) is 0 Å². The van der Waals surface area contributed by atoms with Crippen LogP contribution in [0.1, 0.15) is 21.8 Å². The summed E-state index contributed by atoms with van der Waals surface area (Å²) >= 11 is 1.73. The number of thiophene rings is 1. The molecule has 0 saturated carbocycles. The number of nitrogens with zero attached hydrogens (tertiary/aromatic N) is 1. The van der Waals surface area contributed by atoms with Crippen molar-refractivity contribution in [3.63, 3.8) is 0 Å². The van der Waals surface area contributed by atoms with Crippen molar-refractivity contribution in [1.82, 2.24) is 15.6 Å². The summed E-state index contributed by atoms with van der Waals surface area (Å²) in [5.41, 5.74) is 3.83. The molecule has 0 saturated heterocycles. The van der Waals surface area contributed by atoms with Gasteiger partial charge in [0.25, 0.3) is 0 Å². The molecule has 0 amide bonds. The Labute approximate surface area is 174 Å². The molecule has 0 aliphatic heterocycles. The van der Waals surface area contributed by atoms with Gasteiger partial charge in [0.1, 0.15) is 5.76 Å². The average Bonchev–Trinajstić information content (AvgIpc) is 3.48. The van der Waals surface area contributed by atoms with Gasteiger partial charge in [0.05, 0.1) is 12.8 Å². The van der Waals surface area contributed by atoms with Crippen LogP contribution in [0, 0.1) is 6.92 Å². The third kappa shape index (κ3) is 5.09. The number of nitrogens with one attached hydrogen (secondary N) is 3. The van der Waals surface area contributed by atoms with Crippen molar-refractivity contribution in [3.8, 4) is 0 Å². The second-order valence-electron chi connectivity index (χ2n) is 6.99. The van der Waals surface area contributed by atoms with Crippen LogP contribution < -0.4 is 10.6 Å².